The highest BCUT2D eigenvalue weighted by Crippen LogP contribution is 2.30. The standard InChI is InChI=1S/C12H22N2O4S/c1-3-18-12(15)10-5-4-8-14(9-10)19(16,17)13(2)11-6-7-11/h10-11H,3-9H2,1-2H3. The molecule has 110 valence electrons. The van der Waals surface area contributed by atoms with Crippen LogP contribution < -0.4 is 0 Å². The van der Waals surface area contributed by atoms with Crippen LogP contribution in [-0.2, 0) is 19.7 Å². The van der Waals surface area contributed by atoms with Crippen molar-refractivity contribution in [2.45, 2.75) is 38.6 Å². The lowest BCUT2D eigenvalue weighted by Gasteiger charge is -2.33. The molecule has 1 atom stereocenters. The molecule has 0 radical (unpaired) electrons. The van der Waals surface area contributed by atoms with Crippen molar-refractivity contribution in [2.24, 2.45) is 5.92 Å². The molecule has 0 bridgehead atoms. The quantitative estimate of drug-likeness (QED) is 0.695. The fourth-order valence-corrected chi connectivity index (χ4v) is 4.09. The van der Waals surface area contributed by atoms with E-state index in [0.717, 1.165) is 12.8 Å². The van der Waals surface area contributed by atoms with Crippen molar-refractivity contribution >= 4 is 16.2 Å². The molecule has 1 aliphatic heterocycles. The minimum absolute atomic E-state index is 0.146. The maximum Gasteiger partial charge on any atom is 0.310 e. The smallest absolute Gasteiger partial charge is 0.310 e. The van der Waals surface area contributed by atoms with E-state index in [4.69, 9.17) is 4.74 Å². The van der Waals surface area contributed by atoms with Gasteiger partial charge in [-0.1, -0.05) is 0 Å². The minimum atomic E-state index is -3.42. The zero-order valence-electron chi connectivity index (χ0n) is 11.5. The molecule has 19 heavy (non-hydrogen) atoms. The van der Waals surface area contributed by atoms with Crippen LogP contribution in [-0.4, -0.2) is 55.8 Å². The predicted octanol–water partition coefficient (Wildman–Crippen LogP) is 0.600. The summed E-state index contributed by atoms with van der Waals surface area (Å²) in [4.78, 5) is 11.7. The van der Waals surface area contributed by atoms with E-state index in [1.54, 1.807) is 14.0 Å². The Labute approximate surface area is 114 Å². The van der Waals surface area contributed by atoms with Crippen LogP contribution in [0.25, 0.3) is 0 Å². The van der Waals surface area contributed by atoms with Gasteiger partial charge in [-0.05, 0) is 32.6 Å². The van der Waals surface area contributed by atoms with Gasteiger partial charge in [-0.15, -0.1) is 0 Å². The lowest BCUT2D eigenvalue weighted by molar-refractivity contribution is -0.149. The van der Waals surface area contributed by atoms with Crippen molar-refractivity contribution in [1.82, 2.24) is 8.61 Å². The van der Waals surface area contributed by atoms with Crippen molar-refractivity contribution in [3.63, 3.8) is 0 Å². The molecule has 2 rings (SSSR count). The fourth-order valence-electron chi connectivity index (χ4n) is 2.41. The van der Waals surface area contributed by atoms with E-state index < -0.39 is 10.2 Å². The van der Waals surface area contributed by atoms with Gasteiger partial charge in [0.25, 0.3) is 10.2 Å². The normalized spacial score (nSPS) is 25.5. The van der Waals surface area contributed by atoms with Gasteiger partial charge in [0, 0.05) is 26.2 Å². The van der Waals surface area contributed by atoms with Gasteiger partial charge >= 0.3 is 5.97 Å². The van der Waals surface area contributed by atoms with Gasteiger partial charge in [0.1, 0.15) is 0 Å². The molecule has 0 aromatic heterocycles. The molecule has 0 aromatic carbocycles. The predicted molar refractivity (Wildman–Crippen MR) is 70.6 cm³/mol. The molecule has 0 N–H and O–H groups in total. The maximum atomic E-state index is 12.4. The maximum absolute atomic E-state index is 12.4. The van der Waals surface area contributed by atoms with E-state index in [-0.39, 0.29) is 24.5 Å². The van der Waals surface area contributed by atoms with Gasteiger partial charge in [0.2, 0.25) is 0 Å². The average molecular weight is 290 g/mol. The molecular weight excluding hydrogens is 268 g/mol. The fraction of sp³-hybridized carbons (Fsp3) is 0.917. The molecule has 1 saturated heterocycles. The second-order valence-corrected chi connectivity index (χ2v) is 7.19. The van der Waals surface area contributed by atoms with E-state index in [1.807, 2.05) is 0 Å². The highest BCUT2D eigenvalue weighted by atomic mass is 32.2. The van der Waals surface area contributed by atoms with Crippen LogP contribution in [0.15, 0.2) is 0 Å². The number of carbonyl (C=O) groups is 1. The number of nitrogens with zero attached hydrogens (tertiary/aromatic N) is 2. The van der Waals surface area contributed by atoms with Gasteiger partial charge in [-0.3, -0.25) is 4.79 Å². The van der Waals surface area contributed by atoms with Crippen LogP contribution in [0.5, 0.6) is 0 Å². The van der Waals surface area contributed by atoms with E-state index >= 15 is 0 Å². The second-order valence-electron chi connectivity index (χ2n) is 5.20. The Kier molecular flexibility index (Phi) is 4.47. The van der Waals surface area contributed by atoms with E-state index in [2.05, 4.69) is 0 Å². The van der Waals surface area contributed by atoms with Crippen LogP contribution in [0.4, 0.5) is 0 Å². The number of carbonyl (C=O) groups excluding carboxylic acids is 1. The lowest BCUT2D eigenvalue weighted by atomic mass is 10.0. The largest absolute Gasteiger partial charge is 0.466 e. The minimum Gasteiger partial charge on any atom is -0.466 e. The summed E-state index contributed by atoms with van der Waals surface area (Å²) in [5, 5.41) is 0. The third-order valence-corrected chi connectivity index (χ3v) is 5.77. The first-order chi connectivity index (χ1) is 8.96. The summed E-state index contributed by atoms with van der Waals surface area (Å²) >= 11 is 0. The first kappa shape index (κ1) is 14.7. The molecule has 1 aliphatic carbocycles. The van der Waals surface area contributed by atoms with Gasteiger partial charge in [-0.25, -0.2) is 0 Å². The Hall–Kier alpha value is -0.660. The van der Waals surface area contributed by atoms with Crippen molar-refractivity contribution in [2.75, 3.05) is 26.7 Å². The summed E-state index contributed by atoms with van der Waals surface area (Å²) in [7, 11) is -1.80. The highest BCUT2D eigenvalue weighted by molar-refractivity contribution is 7.86. The Balaban J connectivity index is 2.02. The van der Waals surface area contributed by atoms with Crippen LogP contribution in [0.2, 0.25) is 0 Å². The second kappa shape index (κ2) is 5.76. The third kappa shape index (κ3) is 3.27. The molecule has 0 spiro atoms. The Morgan fingerprint density at radius 2 is 2.05 bits per heavy atom. The summed E-state index contributed by atoms with van der Waals surface area (Å²) in [5.74, 6) is -0.604. The number of hydrogen-bond acceptors (Lipinski definition) is 4. The summed E-state index contributed by atoms with van der Waals surface area (Å²) in [6.45, 7) is 2.84. The van der Waals surface area contributed by atoms with E-state index in [9.17, 15) is 13.2 Å². The molecule has 2 fully saturated rings. The number of esters is 1. The Bertz CT molecular complexity index is 433. The summed E-state index contributed by atoms with van der Waals surface area (Å²) in [6.07, 6.45) is 3.29. The summed E-state index contributed by atoms with van der Waals surface area (Å²) < 4.78 is 32.6. The van der Waals surface area contributed by atoms with Crippen LogP contribution >= 0.6 is 0 Å². The third-order valence-electron chi connectivity index (χ3n) is 3.76. The first-order valence-corrected chi connectivity index (χ1v) is 8.26. The van der Waals surface area contributed by atoms with E-state index in [1.165, 1.54) is 8.61 Å². The molecule has 1 heterocycles. The molecular formula is C12H22N2O4S. The molecule has 1 saturated carbocycles. The molecule has 6 nitrogen and oxygen atoms in total. The number of hydrogen-bond donors (Lipinski definition) is 0. The highest BCUT2D eigenvalue weighted by Gasteiger charge is 2.40. The van der Waals surface area contributed by atoms with Crippen LogP contribution in [0.3, 0.4) is 0 Å². The van der Waals surface area contributed by atoms with Crippen molar-refractivity contribution < 1.29 is 17.9 Å². The molecule has 1 unspecified atom stereocenters. The van der Waals surface area contributed by atoms with Crippen molar-refractivity contribution in [3.8, 4) is 0 Å². The average Bonchev–Trinajstić information content (AvgIpc) is 3.22. The zero-order chi connectivity index (χ0) is 14.0. The van der Waals surface area contributed by atoms with E-state index in [0.29, 0.717) is 26.0 Å². The SMILES string of the molecule is CCOC(=O)C1CCCN(S(=O)(=O)N(C)C2CC2)C1. The van der Waals surface area contributed by atoms with Crippen LogP contribution in [0, 0.1) is 5.92 Å². The molecule has 0 amide bonds. The number of piperidine rings is 1. The molecule has 7 heteroatoms. The van der Waals surface area contributed by atoms with Crippen LogP contribution in [0.1, 0.15) is 32.6 Å². The lowest BCUT2D eigenvalue weighted by Crippen LogP contribution is -2.48. The van der Waals surface area contributed by atoms with Gasteiger partial charge in [0.05, 0.1) is 12.5 Å². The Morgan fingerprint density at radius 1 is 1.37 bits per heavy atom. The molecule has 0 aromatic rings. The first-order valence-electron chi connectivity index (χ1n) is 6.86. The number of rotatable bonds is 5. The van der Waals surface area contributed by atoms with Gasteiger partial charge in [-0.2, -0.15) is 17.0 Å². The van der Waals surface area contributed by atoms with Gasteiger partial charge < -0.3 is 4.74 Å². The zero-order valence-corrected chi connectivity index (χ0v) is 12.4. The summed E-state index contributed by atoms with van der Waals surface area (Å²) in [6, 6.07) is 0.146. The topological polar surface area (TPSA) is 66.9 Å². The Morgan fingerprint density at radius 3 is 2.63 bits per heavy atom. The molecule has 2 aliphatic rings. The monoisotopic (exact) mass is 290 g/mol. The number of ether oxygens (including phenoxy) is 1. The van der Waals surface area contributed by atoms with Gasteiger partial charge in [0.15, 0.2) is 0 Å². The van der Waals surface area contributed by atoms with Crippen molar-refractivity contribution in [3.05, 3.63) is 0 Å². The van der Waals surface area contributed by atoms with Crippen molar-refractivity contribution in [1.29, 1.82) is 0 Å². The summed E-state index contributed by atoms with van der Waals surface area (Å²) in [5.41, 5.74) is 0.